The van der Waals surface area contributed by atoms with Crippen molar-refractivity contribution < 1.29 is 18.1 Å². The van der Waals surface area contributed by atoms with Gasteiger partial charge in [-0.25, -0.2) is 4.57 Å². The molecule has 0 spiro atoms. The molecule has 0 rings (SSSR count). The van der Waals surface area contributed by atoms with Gasteiger partial charge >= 0.3 is 7.82 Å². The summed E-state index contributed by atoms with van der Waals surface area (Å²) in [5, 5.41) is 0. The van der Waals surface area contributed by atoms with Crippen LogP contribution in [-0.2, 0) is 18.1 Å². The van der Waals surface area contributed by atoms with E-state index in [9.17, 15) is 4.57 Å². The van der Waals surface area contributed by atoms with Crippen molar-refractivity contribution in [2.45, 2.75) is 40.0 Å². The molecule has 0 bridgehead atoms. The molecule has 4 nitrogen and oxygen atoms in total. The van der Waals surface area contributed by atoms with Crippen LogP contribution in [0, 0.1) is 11.8 Å². The van der Waals surface area contributed by atoms with Crippen LogP contribution < -0.4 is 0 Å². The van der Waals surface area contributed by atoms with Gasteiger partial charge in [0.2, 0.25) is 0 Å². The molecule has 0 aliphatic rings. The van der Waals surface area contributed by atoms with E-state index < -0.39 is 7.82 Å². The number of hydrogen-bond acceptors (Lipinski definition) is 4. The topological polar surface area (TPSA) is 44.8 Å². The van der Waals surface area contributed by atoms with Gasteiger partial charge in [0.25, 0.3) is 0 Å². The van der Waals surface area contributed by atoms with Gasteiger partial charge in [0.1, 0.15) is 6.61 Å². The maximum atomic E-state index is 11.8. The van der Waals surface area contributed by atoms with Crippen molar-refractivity contribution in [3.05, 3.63) is 0 Å². The average molecular weight is 248 g/mol. The van der Waals surface area contributed by atoms with Crippen LogP contribution in [0.15, 0.2) is 0 Å². The Hall–Kier alpha value is -0.330. The highest BCUT2D eigenvalue weighted by Crippen LogP contribution is 2.48. The molecular weight excluding hydrogens is 227 g/mol. The first-order valence-corrected chi connectivity index (χ1v) is 7.14. The van der Waals surface area contributed by atoms with Gasteiger partial charge in [0, 0.05) is 6.42 Å². The Balaban J connectivity index is 3.91. The SMILES string of the molecule is CCCCC#CCOP(=O)(OCC)OCC. The van der Waals surface area contributed by atoms with E-state index in [1.165, 1.54) is 0 Å². The first-order valence-electron chi connectivity index (χ1n) is 5.67. The van der Waals surface area contributed by atoms with Gasteiger partial charge in [-0.15, -0.1) is 5.92 Å². The van der Waals surface area contributed by atoms with Crippen LogP contribution in [0.2, 0.25) is 0 Å². The van der Waals surface area contributed by atoms with Gasteiger partial charge in [0.15, 0.2) is 0 Å². The highest BCUT2D eigenvalue weighted by atomic mass is 31.2. The predicted octanol–water partition coefficient (Wildman–Crippen LogP) is 3.38. The predicted molar refractivity (Wildman–Crippen MR) is 64.1 cm³/mol. The lowest BCUT2D eigenvalue weighted by atomic mass is 10.2. The lowest BCUT2D eigenvalue weighted by Crippen LogP contribution is -2.00. The molecule has 0 N–H and O–H groups in total. The van der Waals surface area contributed by atoms with Crippen LogP contribution in [-0.4, -0.2) is 19.8 Å². The minimum atomic E-state index is -3.38. The molecule has 0 saturated carbocycles. The van der Waals surface area contributed by atoms with Crippen LogP contribution in [0.3, 0.4) is 0 Å². The number of unbranched alkanes of at least 4 members (excludes halogenated alkanes) is 2. The third-order valence-electron chi connectivity index (χ3n) is 1.65. The fourth-order valence-corrected chi connectivity index (χ4v) is 2.02. The minimum absolute atomic E-state index is 0.0843. The van der Waals surface area contributed by atoms with Gasteiger partial charge in [-0.2, -0.15) is 0 Å². The molecule has 0 saturated heterocycles. The summed E-state index contributed by atoms with van der Waals surface area (Å²) in [4.78, 5) is 0. The van der Waals surface area contributed by atoms with Crippen LogP contribution in [0.4, 0.5) is 0 Å². The van der Waals surface area contributed by atoms with Crippen LogP contribution >= 0.6 is 7.82 Å². The quantitative estimate of drug-likeness (QED) is 0.375. The molecule has 0 atom stereocenters. The van der Waals surface area contributed by atoms with Gasteiger partial charge in [-0.05, 0) is 20.3 Å². The van der Waals surface area contributed by atoms with Gasteiger partial charge in [-0.3, -0.25) is 13.6 Å². The van der Waals surface area contributed by atoms with Crippen molar-refractivity contribution in [1.29, 1.82) is 0 Å². The van der Waals surface area contributed by atoms with E-state index in [1.807, 2.05) is 0 Å². The minimum Gasteiger partial charge on any atom is -0.287 e. The normalized spacial score (nSPS) is 10.9. The molecule has 0 unspecified atom stereocenters. The van der Waals surface area contributed by atoms with Gasteiger partial charge in [-0.1, -0.05) is 19.3 Å². The molecule has 0 fully saturated rings. The molecule has 0 aromatic heterocycles. The zero-order valence-electron chi connectivity index (χ0n) is 10.3. The molecule has 0 radical (unpaired) electrons. The highest BCUT2D eigenvalue weighted by Gasteiger charge is 2.24. The third kappa shape index (κ3) is 7.90. The Labute approximate surface area is 98.3 Å². The van der Waals surface area contributed by atoms with Crippen molar-refractivity contribution in [3.63, 3.8) is 0 Å². The van der Waals surface area contributed by atoms with Gasteiger partial charge < -0.3 is 0 Å². The summed E-state index contributed by atoms with van der Waals surface area (Å²) in [6.45, 7) is 6.25. The summed E-state index contributed by atoms with van der Waals surface area (Å²) in [6, 6.07) is 0. The zero-order valence-corrected chi connectivity index (χ0v) is 11.2. The summed E-state index contributed by atoms with van der Waals surface area (Å²) in [5.74, 6) is 5.72. The molecule has 0 aromatic rings. The Morgan fingerprint density at radius 1 is 1.00 bits per heavy atom. The van der Waals surface area contributed by atoms with Crippen molar-refractivity contribution in [3.8, 4) is 11.8 Å². The molecular formula is C11H21O4P. The van der Waals surface area contributed by atoms with E-state index in [-0.39, 0.29) is 6.61 Å². The van der Waals surface area contributed by atoms with Crippen LogP contribution in [0.1, 0.15) is 40.0 Å². The van der Waals surface area contributed by atoms with Gasteiger partial charge in [0.05, 0.1) is 13.2 Å². The van der Waals surface area contributed by atoms with Crippen molar-refractivity contribution >= 4 is 7.82 Å². The summed E-state index contributed by atoms with van der Waals surface area (Å²) in [7, 11) is -3.38. The molecule has 0 aromatic carbocycles. The molecule has 5 heteroatoms. The summed E-state index contributed by atoms with van der Waals surface area (Å²) < 4.78 is 26.7. The van der Waals surface area contributed by atoms with E-state index in [0.717, 1.165) is 19.3 Å². The fraction of sp³-hybridized carbons (Fsp3) is 0.818. The molecule has 94 valence electrons. The lowest BCUT2D eigenvalue weighted by molar-refractivity contribution is 0.132. The first-order chi connectivity index (χ1) is 7.68. The number of phosphoric ester groups is 1. The molecule has 0 aliphatic heterocycles. The molecule has 16 heavy (non-hydrogen) atoms. The summed E-state index contributed by atoms with van der Waals surface area (Å²) in [5.41, 5.74) is 0. The Morgan fingerprint density at radius 3 is 2.12 bits per heavy atom. The highest BCUT2D eigenvalue weighted by molar-refractivity contribution is 7.48. The third-order valence-corrected chi connectivity index (χ3v) is 3.24. The Kier molecular flexibility index (Phi) is 9.66. The second-order valence-corrected chi connectivity index (χ2v) is 4.68. The van der Waals surface area contributed by atoms with Crippen LogP contribution in [0.25, 0.3) is 0 Å². The standard InChI is InChI=1S/C11H21O4P/c1-4-7-8-9-10-11-15-16(12,13-5-2)14-6-3/h4-8,11H2,1-3H3. The zero-order chi connectivity index (χ0) is 12.3. The monoisotopic (exact) mass is 248 g/mol. The Bertz CT molecular complexity index is 257. The maximum absolute atomic E-state index is 11.8. The average Bonchev–Trinajstić information content (AvgIpc) is 2.24. The van der Waals surface area contributed by atoms with E-state index in [1.54, 1.807) is 13.8 Å². The molecule has 0 amide bonds. The van der Waals surface area contributed by atoms with Crippen molar-refractivity contribution in [2.24, 2.45) is 0 Å². The largest absolute Gasteiger partial charge is 0.475 e. The second-order valence-electron chi connectivity index (χ2n) is 3.01. The number of rotatable bonds is 8. The van der Waals surface area contributed by atoms with Crippen molar-refractivity contribution in [2.75, 3.05) is 19.8 Å². The number of hydrogen-bond donors (Lipinski definition) is 0. The van der Waals surface area contributed by atoms with Crippen molar-refractivity contribution in [1.82, 2.24) is 0 Å². The lowest BCUT2D eigenvalue weighted by Gasteiger charge is -2.14. The van der Waals surface area contributed by atoms with E-state index in [4.69, 9.17) is 13.6 Å². The van der Waals surface area contributed by atoms with Crippen LogP contribution in [0.5, 0.6) is 0 Å². The van der Waals surface area contributed by atoms with E-state index in [2.05, 4.69) is 18.8 Å². The van der Waals surface area contributed by atoms with E-state index >= 15 is 0 Å². The maximum Gasteiger partial charge on any atom is 0.475 e. The second kappa shape index (κ2) is 9.86. The molecule has 0 aliphatic carbocycles. The first kappa shape index (κ1) is 15.7. The summed E-state index contributed by atoms with van der Waals surface area (Å²) >= 11 is 0. The Morgan fingerprint density at radius 2 is 1.62 bits per heavy atom. The van der Waals surface area contributed by atoms with E-state index in [0.29, 0.717) is 13.2 Å². The number of phosphoric acid groups is 1. The fourth-order valence-electron chi connectivity index (χ4n) is 0.944. The smallest absolute Gasteiger partial charge is 0.287 e. The summed E-state index contributed by atoms with van der Waals surface area (Å²) in [6.07, 6.45) is 3.03. The molecule has 0 heterocycles.